The molecule has 0 spiro atoms. The topological polar surface area (TPSA) is 37.8 Å². The Bertz CT molecular complexity index is 445. The molecule has 0 aliphatic heterocycles. The number of thioether (sulfide) groups is 1. The van der Waals surface area contributed by atoms with E-state index >= 15 is 0 Å². The summed E-state index contributed by atoms with van der Waals surface area (Å²) < 4.78 is 0. The van der Waals surface area contributed by atoms with Crippen LogP contribution in [0.5, 0.6) is 0 Å². The van der Waals surface area contributed by atoms with Crippen LogP contribution in [0.15, 0.2) is 11.1 Å². The molecule has 19 heavy (non-hydrogen) atoms. The predicted octanol–water partition coefficient (Wildman–Crippen LogP) is 4.07. The van der Waals surface area contributed by atoms with Crippen LogP contribution in [0.2, 0.25) is 0 Å². The molecule has 3 nitrogen and oxygen atoms in total. The Morgan fingerprint density at radius 3 is 2.74 bits per heavy atom. The molecule has 2 aliphatic carbocycles. The summed E-state index contributed by atoms with van der Waals surface area (Å²) in [5, 5.41) is 5.08. The van der Waals surface area contributed by atoms with Gasteiger partial charge in [0.05, 0.1) is 0 Å². The molecule has 0 amide bonds. The normalized spacial score (nSPS) is 27.3. The maximum atomic E-state index is 4.77. The van der Waals surface area contributed by atoms with Crippen molar-refractivity contribution in [3.63, 3.8) is 0 Å². The van der Waals surface area contributed by atoms with Crippen molar-refractivity contribution in [1.29, 1.82) is 0 Å². The molecule has 2 unspecified atom stereocenters. The lowest BCUT2D eigenvalue weighted by atomic mass is 9.91. The highest BCUT2D eigenvalue weighted by atomic mass is 32.2. The van der Waals surface area contributed by atoms with Crippen LogP contribution < -0.4 is 5.32 Å². The average molecular weight is 277 g/mol. The molecule has 0 bridgehead atoms. The molecule has 3 rings (SSSR count). The molecule has 0 aromatic carbocycles. The molecular formula is C15H23N3S. The minimum absolute atomic E-state index is 0.623. The molecule has 2 aliphatic rings. The minimum atomic E-state index is 0.623. The van der Waals surface area contributed by atoms with E-state index in [1.165, 1.54) is 43.6 Å². The van der Waals surface area contributed by atoms with Gasteiger partial charge in [0.15, 0.2) is 0 Å². The maximum Gasteiger partial charge on any atom is 0.135 e. The van der Waals surface area contributed by atoms with Crippen LogP contribution >= 0.6 is 11.8 Å². The van der Waals surface area contributed by atoms with E-state index in [2.05, 4.69) is 23.3 Å². The van der Waals surface area contributed by atoms with Crippen molar-refractivity contribution in [2.24, 2.45) is 5.92 Å². The standard InChI is InChI=1S/C15H23N3S/c1-10-4-3-5-12(8-10)19-14-9-13(16-2)17-15(18-14)11-6-7-11/h9-12H,3-8H2,1-2H3,(H,16,17,18). The number of hydrogen-bond acceptors (Lipinski definition) is 4. The summed E-state index contributed by atoms with van der Waals surface area (Å²) in [6.45, 7) is 2.38. The van der Waals surface area contributed by atoms with Crippen molar-refractivity contribution in [2.45, 2.75) is 61.6 Å². The van der Waals surface area contributed by atoms with Crippen LogP contribution in [-0.4, -0.2) is 22.3 Å². The van der Waals surface area contributed by atoms with Crippen LogP contribution in [0.3, 0.4) is 0 Å². The van der Waals surface area contributed by atoms with Gasteiger partial charge in [0.2, 0.25) is 0 Å². The smallest absolute Gasteiger partial charge is 0.135 e. The van der Waals surface area contributed by atoms with Crippen molar-refractivity contribution >= 4 is 17.6 Å². The summed E-state index contributed by atoms with van der Waals surface area (Å²) in [6, 6.07) is 2.11. The lowest BCUT2D eigenvalue weighted by Crippen LogP contribution is -2.15. The van der Waals surface area contributed by atoms with Gasteiger partial charge >= 0.3 is 0 Å². The second-order valence-corrected chi connectivity index (χ2v) is 7.31. The third-order valence-electron chi connectivity index (χ3n) is 4.09. The summed E-state index contributed by atoms with van der Waals surface area (Å²) >= 11 is 1.97. The first-order chi connectivity index (χ1) is 9.24. The Morgan fingerprint density at radius 2 is 2.05 bits per heavy atom. The largest absolute Gasteiger partial charge is 0.373 e. The summed E-state index contributed by atoms with van der Waals surface area (Å²) in [7, 11) is 1.94. The Kier molecular flexibility index (Phi) is 3.96. The zero-order valence-corrected chi connectivity index (χ0v) is 12.7. The zero-order valence-electron chi connectivity index (χ0n) is 11.9. The van der Waals surface area contributed by atoms with Crippen molar-refractivity contribution < 1.29 is 0 Å². The van der Waals surface area contributed by atoms with E-state index in [1.807, 2.05) is 18.8 Å². The van der Waals surface area contributed by atoms with Gasteiger partial charge in [0.25, 0.3) is 0 Å². The fourth-order valence-corrected chi connectivity index (χ4v) is 4.19. The van der Waals surface area contributed by atoms with Crippen molar-refractivity contribution in [2.75, 3.05) is 12.4 Å². The average Bonchev–Trinajstić information content (AvgIpc) is 3.22. The molecule has 0 radical (unpaired) electrons. The number of hydrogen-bond donors (Lipinski definition) is 1. The van der Waals surface area contributed by atoms with Gasteiger partial charge in [-0.3, -0.25) is 0 Å². The molecule has 2 fully saturated rings. The van der Waals surface area contributed by atoms with Crippen LogP contribution in [0.1, 0.15) is 57.2 Å². The first-order valence-corrected chi connectivity index (χ1v) is 8.36. The maximum absolute atomic E-state index is 4.77. The first kappa shape index (κ1) is 13.2. The Labute approximate surface area is 120 Å². The van der Waals surface area contributed by atoms with E-state index in [4.69, 9.17) is 4.98 Å². The van der Waals surface area contributed by atoms with Crippen LogP contribution in [-0.2, 0) is 0 Å². The molecule has 2 saturated carbocycles. The molecule has 2 atom stereocenters. The van der Waals surface area contributed by atoms with E-state index in [0.717, 1.165) is 22.8 Å². The van der Waals surface area contributed by atoms with Gasteiger partial charge < -0.3 is 5.32 Å². The fourth-order valence-electron chi connectivity index (χ4n) is 2.81. The van der Waals surface area contributed by atoms with Crippen molar-refractivity contribution in [3.05, 3.63) is 11.9 Å². The molecule has 1 aromatic rings. The van der Waals surface area contributed by atoms with Gasteiger partial charge in [-0.2, -0.15) is 0 Å². The van der Waals surface area contributed by atoms with E-state index < -0.39 is 0 Å². The SMILES string of the molecule is CNc1cc(SC2CCCC(C)C2)nc(C2CC2)n1. The Balaban J connectivity index is 1.73. The number of rotatable bonds is 4. The lowest BCUT2D eigenvalue weighted by molar-refractivity contribution is 0.394. The fraction of sp³-hybridized carbons (Fsp3) is 0.733. The molecule has 1 N–H and O–H groups in total. The molecule has 1 aromatic heterocycles. The van der Waals surface area contributed by atoms with Crippen LogP contribution in [0.4, 0.5) is 5.82 Å². The van der Waals surface area contributed by atoms with E-state index in [0.29, 0.717) is 5.92 Å². The highest BCUT2D eigenvalue weighted by molar-refractivity contribution is 7.99. The number of aromatic nitrogens is 2. The second kappa shape index (κ2) is 5.70. The zero-order chi connectivity index (χ0) is 13.2. The Morgan fingerprint density at radius 1 is 1.21 bits per heavy atom. The molecule has 4 heteroatoms. The summed E-state index contributed by atoms with van der Waals surface area (Å²) in [4.78, 5) is 9.36. The number of nitrogens with zero attached hydrogens (tertiary/aromatic N) is 2. The quantitative estimate of drug-likeness (QED) is 0.842. The van der Waals surface area contributed by atoms with E-state index in [9.17, 15) is 0 Å². The van der Waals surface area contributed by atoms with Crippen molar-refractivity contribution in [3.8, 4) is 0 Å². The minimum Gasteiger partial charge on any atom is -0.373 e. The number of nitrogens with one attached hydrogen (secondary N) is 1. The highest BCUT2D eigenvalue weighted by Crippen LogP contribution is 2.40. The van der Waals surface area contributed by atoms with E-state index in [-0.39, 0.29) is 0 Å². The van der Waals surface area contributed by atoms with Gasteiger partial charge in [-0.1, -0.05) is 19.8 Å². The first-order valence-electron chi connectivity index (χ1n) is 7.48. The monoisotopic (exact) mass is 277 g/mol. The third-order valence-corrected chi connectivity index (χ3v) is 5.31. The van der Waals surface area contributed by atoms with Gasteiger partial charge in [-0.25, -0.2) is 9.97 Å². The predicted molar refractivity (Wildman–Crippen MR) is 80.8 cm³/mol. The molecular weight excluding hydrogens is 254 g/mol. The van der Waals surface area contributed by atoms with Gasteiger partial charge in [0.1, 0.15) is 16.7 Å². The van der Waals surface area contributed by atoms with E-state index in [1.54, 1.807) is 0 Å². The second-order valence-electron chi connectivity index (χ2n) is 5.99. The van der Waals surface area contributed by atoms with Gasteiger partial charge in [-0.05, 0) is 31.6 Å². The lowest BCUT2D eigenvalue weighted by Gasteiger charge is -2.25. The Hall–Kier alpha value is -0.770. The highest BCUT2D eigenvalue weighted by Gasteiger charge is 2.28. The van der Waals surface area contributed by atoms with Gasteiger partial charge in [0, 0.05) is 24.3 Å². The third kappa shape index (κ3) is 3.41. The molecule has 0 saturated heterocycles. The summed E-state index contributed by atoms with van der Waals surface area (Å²) in [6.07, 6.45) is 7.97. The molecule has 104 valence electrons. The molecule has 1 heterocycles. The summed E-state index contributed by atoms with van der Waals surface area (Å²) in [5.41, 5.74) is 0. The number of anilines is 1. The van der Waals surface area contributed by atoms with Gasteiger partial charge in [-0.15, -0.1) is 11.8 Å². The van der Waals surface area contributed by atoms with Crippen LogP contribution in [0, 0.1) is 5.92 Å². The summed E-state index contributed by atoms with van der Waals surface area (Å²) in [5.74, 6) is 3.53. The van der Waals surface area contributed by atoms with Crippen LogP contribution in [0.25, 0.3) is 0 Å². The van der Waals surface area contributed by atoms with Crippen molar-refractivity contribution in [1.82, 2.24) is 9.97 Å².